The Balaban J connectivity index is 1.44. The van der Waals surface area contributed by atoms with Gasteiger partial charge in [-0.25, -0.2) is 9.97 Å². The van der Waals surface area contributed by atoms with Crippen molar-refractivity contribution in [2.75, 3.05) is 31.6 Å². The molecule has 0 N–H and O–H groups in total. The molecule has 33 heavy (non-hydrogen) atoms. The van der Waals surface area contributed by atoms with E-state index in [-0.39, 0.29) is 11.9 Å². The summed E-state index contributed by atoms with van der Waals surface area (Å²) in [5.41, 5.74) is 3.05. The molecule has 1 atom stereocenters. The number of benzene rings is 2. The number of piperazine rings is 1. The highest BCUT2D eigenvalue weighted by Gasteiger charge is 2.29. The van der Waals surface area contributed by atoms with E-state index in [1.165, 1.54) is 11.9 Å². The third kappa shape index (κ3) is 5.08. The summed E-state index contributed by atoms with van der Waals surface area (Å²) in [5.74, 6) is 2.55. The minimum Gasteiger partial charge on any atom is -0.493 e. The van der Waals surface area contributed by atoms with Crippen LogP contribution < -0.4 is 14.4 Å². The van der Waals surface area contributed by atoms with Gasteiger partial charge in [0.1, 0.15) is 12.1 Å². The van der Waals surface area contributed by atoms with Gasteiger partial charge in [-0.3, -0.25) is 4.79 Å². The highest BCUT2D eigenvalue weighted by atomic mass is 16.5. The smallest absolute Gasteiger partial charge is 0.254 e. The van der Waals surface area contributed by atoms with Gasteiger partial charge >= 0.3 is 0 Å². The largest absolute Gasteiger partial charge is 0.493 e. The Hall–Kier alpha value is -3.61. The molecule has 2 aromatic carbocycles. The van der Waals surface area contributed by atoms with E-state index >= 15 is 0 Å². The van der Waals surface area contributed by atoms with Crippen LogP contribution in [0.5, 0.6) is 17.4 Å². The van der Waals surface area contributed by atoms with Gasteiger partial charge in [-0.05, 0) is 55.7 Å². The number of methoxy groups -OCH3 is 1. The molecule has 7 heteroatoms. The standard InChI is InChI=1S/C26H30N4O3/c1-5-20-7-9-21(10-8-20)26(31)30-13-12-29(16-19(30)3)24-15-25(28-17-27-24)33-22-11-6-18(2)14-23(22)32-4/h6-11,14-15,17,19H,5,12-13,16H2,1-4H3. The molecule has 1 aliphatic heterocycles. The number of nitrogens with zero attached hydrogens (tertiary/aromatic N) is 4. The van der Waals surface area contributed by atoms with Crippen molar-refractivity contribution < 1.29 is 14.3 Å². The number of hydrogen-bond donors (Lipinski definition) is 0. The molecule has 2 heterocycles. The molecule has 7 nitrogen and oxygen atoms in total. The molecule has 1 aromatic heterocycles. The summed E-state index contributed by atoms with van der Waals surface area (Å²) in [6.45, 7) is 8.18. The summed E-state index contributed by atoms with van der Waals surface area (Å²) < 4.78 is 11.4. The SMILES string of the molecule is CCc1ccc(C(=O)N2CCN(c3cc(Oc4ccc(C)cc4OC)ncn3)CC2C)cc1. The maximum Gasteiger partial charge on any atom is 0.254 e. The van der Waals surface area contributed by atoms with E-state index < -0.39 is 0 Å². The van der Waals surface area contributed by atoms with Crippen LogP contribution in [0.1, 0.15) is 35.3 Å². The number of amides is 1. The molecule has 1 unspecified atom stereocenters. The predicted molar refractivity (Wildman–Crippen MR) is 128 cm³/mol. The van der Waals surface area contributed by atoms with Crippen molar-refractivity contribution in [2.45, 2.75) is 33.2 Å². The van der Waals surface area contributed by atoms with E-state index in [2.05, 4.69) is 28.7 Å². The van der Waals surface area contributed by atoms with Gasteiger partial charge in [0.25, 0.3) is 5.91 Å². The second kappa shape index (κ2) is 9.90. The fraction of sp³-hybridized carbons (Fsp3) is 0.346. The van der Waals surface area contributed by atoms with E-state index in [0.29, 0.717) is 37.0 Å². The monoisotopic (exact) mass is 446 g/mol. The number of aromatic nitrogens is 2. The van der Waals surface area contributed by atoms with Crippen molar-refractivity contribution in [1.82, 2.24) is 14.9 Å². The molecule has 1 aliphatic rings. The summed E-state index contributed by atoms with van der Waals surface area (Å²) in [4.78, 5) is 25.9. The number of hydrogen-bond acceptors (Lipinski definition) is 6. The second-order valence-corrected chi connectivity index (χ2v) is 8.31. The van der Waals surface area contributed by atoms with Crippen LogP contribution in [0.15, 0.2) is 54.9 Å². The van der Waals surface area contributed by atoms with E-state index in [1.54, 1.807) is 7.11 Å². The quantitative estimate of drug-likeness (QED) is 0.555. The predicted octanol–water partition coefficient (Wildman–Crippen LogP) is 4.50. The maximum absolute atomic E-state index is 13.0. The van der Waals surface area contributed by atoms with Crippen LogP contribution in [-0.2, 0) is 6.42 Å². The fourth-order valence-corrected chi connectivity index (χ4v) is 4.05. The Morgan fingerprint density at radius 2 is 1.85 bits per heavy atom. The van der Waals surface area contributed by atoms with Gasteiger partial charge in [-0.1, -0.05) is 25.1 Å². The highest BCUT2D eigenvalue weighted by Crippen LogP contribution is 2.32. The van der Waals surface area contributed by atoms with E-state index in [4.69, 9.17) is 9.47 Å². The van der Waals surface area contributed by atoms with Crippen LogP contribution in [-0.4, -0.2) is 53.6 Å². The molecule has 0 aliphatic carbocycles. The molecule has 1 saturated heterocycles. The number of ether oxygens (including phenoxy) is 2. The molecule has 0 spiro atoms. The first-order valence-electron chi connectivity index (χ1n) is 11.3. The van der Waals surface area contributed by atoms with Crippen LogP contribution in [0, 0.1) is 6.92 Å². The highest BCUT2D eigenvalue weighted by molar-refractivity contribution is 5.94. The lowest BCUT2D eigenvalue weighted by molar-refractivity contribution is 0.0673. The van der Waals surface area contributed by atoms with Gasteiger partial charge in [0.15, 0.2) is 11.5 Å². The van der Waals surface area contributed by atoms with Gasteiger partial charge in [-0.2, -0.15) is 0 Å². The summed E-state index contributed by atoms with van der Waals surface area (Å²) in [6, 6.07) is 15.5. The van der Waals surface area contributed by atoms with Crippen LogP contribution in [0.25, 0.3) is 0 Å². The second-order valence-electron chi connectivity index (χ2n) is 8.31. The molecular formula is C26H30N4O3. The zero-order valence-corrected chi connectivity index (χ0v) is 19.6. The molecular weight excluding hydrogens is 416 g/mol. The van der Waals surface area contributed by atoms with E-state index in [1.807, 2.05) is 60.4 Å². The van der Waals surface area contributed by atoms with Crippen LogP contribution in [0.2, 0.25) is 0 Å². The number of carbonyl (C=O) groups excluding carboxylic acids is 1. The Morgan fingerprint density at radius 3 is 2.55 bits per heavy atom. The Morgan fingerprint density at radius 1 is 1.06 bits per heavy atom. The lowest BCUT2D eigenvalue weighted by Gasteiger charge is -2.40. The van der Waals surface area contributed by atoms with E-state index in [9.17, 15) is 4.79 Å². The molecule has 1 fully saturated rings. The van der Waals surface area contributed by atoms with Crippen LogP contribution in [0.3, 0.4) is 0 Å². The summed E-state index contributed by atoms with van der Waals surface area (Å²) in [6.07, 6.45) is 2.47. The third-order valence-corrected chi connectivity index (χ3v) is 5.98. The van der Waals surface area contributed by atoms with Gasteiger partial charge in [0, 0.05) is 37.3 Å². The number of aryl methyl sites for hydroxylation is 2. The lowest BCUT2D eigenvalue weighted by Crippen LogP contribution is -2.54. The summed E-state index contributed by atoms with van der Waals surface area (Å²) in [5, 5.41) is 0. The number of anilines is 1. The minimum atomic E-state index is 0.0497. The van der Waals surface area contributed by atoms with Crippen molar-refractivity contribution in [1.29, 1.82) is 0 Å². The molecule has 4 rings (SSSR count). The average molecular weight is 447 g/mol. The van der Waals surface area contributed by atoms with Gasteiger partial charge in [0.05, 0.1) is 7.11 Å². The van der Waals surface area contributed by atoms with E-state index in [0.717, 1.165) is 23.4 Å². The Labute approximate surface area is 195 Å². The van der Waals surface area contributed by atoms with Crippen LogP contribution in [0.4, 0.5) is 5.82 Å². The van der Waals surface area contributed by atoms with Crippen molar-refractivity contribution in [3.05, 3.63) is 71.5 Å². The molecule has 0 radical (unpaired) electrons. The first-order valence-corrected chi connectivity index (χ1v) is 11.3. The first-order chi connectivity index (χ1) is 16.0. The third-order valence-electron chi connectivity index (χ3n) is 5.98. The lowest BCUT2D eigenvalue weighted by atomic mass is 10.1. The topological polar surface area (TPSA) is 67.8 Å². The van der Waals surface area contributed by atoms with Crippen molar-refractivity contribution in [3.8, 4) is 17.4 Å². The molecule has 1 amide bonds. The summed E-state index contributed by atoms with van der Waals surface area (Å²) >= 11 is 0. The zero-order chi connectivity index (χ0) is 23.4. The minimum absolute atomic E-state index is 0.0497. The van der Waals surface area contributed by atoms with Crippen molar-refractivity contribution >= 4 is 11.7 Å². The Kier molecular flexibility index (Phi) is 6.77. The number of carbonyl (C=O) groups is 1. The first kappa shape index (κ1) is 22.6. The molecule has 172 valence electrons. The van der Waals surface area contributed by atoms with Gasteiger partial charge in [0.2, 0.25) is 5.88 Å². The molecule has 3 aromatic rings. The molecule has 0 saturated carbocycles. The van der Waals surface area contributed by atoms with Crippen LogP contribution >= 0.6 is 0 Å². The van der Waals surface area contributed by atoms with Gasteiger partial charge < -0.3 is 19.3 Å². The Bertz CT molecular complexity index is 1120. The van der Waals surface area contributed by atoms with Crippen molar-refractivity contribution in [3.63, 3.8) is 0 Å². The average Bonchev–Trinajstić information content (AvgIpc) is 2.85. The summed E-state index contributed by atoms with van der Waals surface area (Å²) in [7, 11) is 1.62. The number of rotatable bonds is 6. The normalized spacial score (nSPS) is 15.9. The fourth-order valence-electron chi connectivity index (χ4n) is 4.05. The van der Waals surface area contributed by atoms with Crippen molar-refractivity contribution in [2.24, 2.45) is 0 Å². The maximum atomic E-state index is 13.0. The molecule has 0 bridgehead atoms. The van der Waals surface area contributed by atoms with Gasteiger partial charge in [-0.15, -0.1) is 0 Å². The zero-order valence-electron chi connectivity index (χ0n) is 19.6.